The number of nitrogens with zero attached hydrogens (tertiary/aromatic N) is 2. The van der Waals surface area contributed by atoms with Crippen LogP contribution in [0, 0.1) is 5.92 Å². The van der Waals surface area contributed by atoms with Crippen molar-refractivity contribution in [3.8, 4) is 0 Å². The topological polar surface area (TPSA) is 42.2 Å². The van der Waals surface area contributed by atoms with Gasteiger partial charge in [-0.15, -0.1) is 0 Å². The predicted molar refractivity (Wildman–Crippen MR) is 71.3 cm³/mol. The summed E-state index contributed by atoms with van der Waals surface area (Å²) in [6.45, 7) is 5.04. The lowest BCUT2D eigenvalue weighted by molar-refractivity contribution is 0.157. The lowest BCUT2D eigenvalue weighted by Crippen LogP contribution is -2.45. The number of aromatic nitrogens is 1. The highest BCUT2D eigenvalue weighted by atomic mass is 35.5. The van der Waals surface area contributed by atoms with Gasteiger partial charge in [0, 0.05) is 24.7 Å². The molecule has 0 radical (unpaired) electrons. The molecule has 3 nitrogen and oxygen atoms in total. The van der Waals surface area contributed by atoms with Crippen LogP contribution < -0.4 is 5.73 Å². The van der Waals surface area contributed by atoms with E-state index in [0.29, 0.717) is 22.3 Å². The molecule has 2 atom stereocenters. The van der Waals surface area contributed by atoms with E-state index in [4.69, 9.17) is 28.9 Å². The first-order chi connectivity index (χ1) is 8.06. The fourth-order valence-electron chi connectivity index (χ4n) is 2.19. The lowest BCUT2D eigenvalue weighted by Gasteiger charge is -2.35. The van der Waals surface area contributed by atoms with Crippen molar-refractivity contribution in [2.75, 3.05) is 13.1 Å². The summed E-state index contributed by atoms with van der Waals surface area (Å²) in [6.07, 6.45) is 1.04. The van der Waals surface area contributed by atoms with Crippen LogP contribution in [-0.4, -0.2) is 29.0 Å². The molecule has 0 spiro atoms. The molecule has 0 amide bonds. The zero-order chi connectivity index (χ0) is 12.4. The molecule has 1 fully saturated rings. The molecular weight excluding hydrogens is 257 g/mol. The highest BCUT2D eigenvalue weighted by Gasteiger charge is 2.23. The maximum Gasteiger partial charge on any atom is 0.135 e. The van der Waals surface area contributed by atoms with E-state index in [1.54, 1.807) is 6.07 Å². The molecule has 0 saturated carbocycles. The molecular formula is C12H17Cl2N3. The summed E-state index contributed by atoms with van der Waals surface area (Å²) in [5.74, 6) is 0.530. The average Bonchev–Trinajstić information content (AvgIpc) is 2.27. The Morgan fingerprint density at radius 3 is 2.88 bits per heavy atom. The number of hydrogen-bond donors (Lipinski definition) is 1. The Labute approximate surface area is 112 Å². The van der Waals surface area contributed by atoms with E-state index in [1.807, 2.05) is 6.07 Å². The van der Waals surface area contributed by atoms with Crippen LogP contribution in [0.3, 0.4) is 0 Å². The van der Waals surface area contributed by atoms with Crippen LogP contribution in [0.25, 0.3) is 0 Å². The largest absolute Gasteiger partial charge is 0.327 e. The maximum atomic E-state index is 6.07. The van der Waals surface area contributed by atoms with Gasteiger partial charge in [0.05, 0.1) is 0 Å². The second-order valence-electron chi connectivity index (χ2n) is 4.75. The van der Waals surface area contributed by atoms with Crippen molar-refractivity contribution in [2.24, 2.45) is 11.7 Å². The summed E-state index contributed by atoms with van der Waals surface area (Å²) < 4.78 is 0. The third-order valence-electron chi connectivity index (χ3n) is 3.34. The van der Waals surface area contributed by atoms with Gasteiger partial charge in [0.2, 0.25) is 0 Å². The molecule has 1 aromatic heterocycles. The molecule has 1 saturated heterocycles. The van der Waals surface area contributed by atoms with Crippen LogP contribution in [0.1, 0.15) is 18.9 Å². The summed E-state index contributed by atoms with van der Waals surface area (Å²) in [4.78, 5) is 6.42. The zero-order valence-corrected chi connectivity index (χ0v) is 11.4. The zero-order valence-electron chi connectivity index (χ0n) is 9.87. The van der Waals surface area contributed by atoms with E-state index in [1.165, 1.54) is 0 Å². The summed E-state index contributed by atoms with van der Waals surface area (Å²) in [5.41, 5.74) is 7.03. The molecule has 2 rings (SSSR count). The first kappa shape index (κ1) is 13.1. The van der Waals surface area contributed by atoms with Gasteiger partial charge in [0.15, 0.2) is 0 Å². The van der Waals surface area contributed by atoms with Gasteiger partial charge < -0.3 is 5.73 Å². The first-order valence-electron chi connectivity index (χ1n) is 5.85. The van der Waals surface area contributed by atoms with Crippen LogP contribution in [0.4, 0.5) is 0 Å². The Kier molecular flexibility index (Phi) is 4.26. The van der Waals surface area contributed by atoms with Gasteiger partial charge in [-0.25, -0.2) is 4.98 Å². The van der Waals surface area contributed by atoms with Gasteiger partial charge in [-0.1, -0.05) is 36.2 Å². The van der Waals surface area contributed by atoms with E-state index >= 15 is 0 Å². The van der Waals surface area contributed by atoms with Crippen LogP contribution in [0.2, 0.25) is 10.3 Å². The molecule has 17 heavy (non-hydrogen) atoms. The molecule has 2 N–H and O–H groups in total. The minimum absolute atomic E-state index is 0.324. The highest BCUT2D eigenvalue weighted by molar-refractivity contribution is 6.32. The van der Waals surface area contributed by atoms with Gasteiger partial charge >= 0.3 is 0 Å². The van der Waals surface area contributed by atoms with E-state index in [2.05, 4.69) is 16.8 Å². The number of likely N-dealkylation sites (tertiary alicyclic amines) is 1. The van der Waals surface area contributed by atoms with Gasteiger partial charge in [-0.05, 0) is 24.9 Å². The molecule has 1 aromatic rings. The van der Waals surface area contributed by atoms with Crippen LogP contribution in [0.5, 0.6) is 0 Å². The molecule has 2 unspecified atom stereocenters. The van der Waals surface area contributed by atoms with Crippen molar-refractivity contribution in [1.29, 1.82) is 0 Å². The third-order valence-corrected chi connectivity index (χ3v) is 3.88. The minimum Gasteiger partial charge on any atom is -0.327 e. The number of pyridine rings is 1. The van der Waals surface area contributed by atoms with Crippen molar-refractivity contribution in [2.45, 2.75) is 25.9 Å². The first-order valence-corrected chi connectivity index (χ1v) is 6.60. The van der Waals surface area contributed by atoms with Crippen molar-refractivity contribution in [1.82, 2.24) is 9.88 Å². The highest BCUT2D eigenvalue weighted by Crippen LogP contribution is 2.21. The second kappa shape index (κ2) is 5.53. The van der Waals surface area contributed by atoms with E-state index in [9.17, 15) is 0 Å². The predicted octanol–water partition coefficient (Wildman–Crippen LogP) is 2.56. The van der Waals surface area contributed by atoms with Crippen LogP contribution in [-0.2, 0) is 6.54 Å². The Morgan fingerprint density at radius 1 is 1.47 bits per heavy atom. The van der Waals surface area contributed by atoms with Crippen molar-refractivity contribution >= 4 is 23.2 Å². The normalized spacial score (nSPS) is 26.1. The lowest BCUT2D eigenvalue weighted by atomic mass is 9.94. The smallest absolute Gasteiger partial charge is 0.135 e. The molecule has 0 aliphatic carbocycles. The Bertz CT molecular complexity index is 397. The van der Waals surface area contributed by atoms with Crippen LogP contribution in [0.15, 0.2) is 12.1 Å². The standard InChI is InChI=1S/C12H17Cl2N3/c1-8-6-17(5-4-10(8)15)7-9-2-3-11(13)16-12(9)14/h2-3,8,10H,4-7,15H2,1H3. The second-order valence-corrected chi connectivity index (χ2v) is 5.49. The summed E-state index contributed by atoms with van der Waals surface area (Å²) in [5, 5.41) is 0.938. The molecule has 94 valence electrons. The number of nitrogens with two attached hydrogens (primary N) is 1. The Morgan fingerprint density at radius 2 is 2.24 bits per heavy atom. The Balaban J connectivity index is 2.01. The Hall–Kier alpha value is -0.350. The monoisotopic (exact) mass is 273 g/mol. The van der Waals surface area contributed by atoms with E-state index < -0.39 is 0 Å². The SMILES string of the molecule is CC1CN(Cc2ccc(Cl)nc2Cl)CCC1N. The maximum absolute atomic E-state index is 6.07. The van der Waals surface area contributed by atoms with Crippen molar-refractivity contribution in [3.05, 3.63) is 28.0 Å². The number of hydrogen-bond acceptors (Lipinski definition) is 3. The van der Waals surface area contributed by atoms with Crippen molar-refractivity contribution in [3.63, 3.8) is 0 Å². The van der Waals surface area contributed by atoms with Crippen molar-refractivity contribution < 1.29 is 0 Å². The van der Waals surface area contributed by atoms with Gasteiger partial charge in [0.1, 0.15) is 10.3 Å². The summed E-state index contributed by atoms with van der Waals surface area (Å²) in [7, 11) is 0. The molecule has 0 bridgehead atoms. The molecule has 1 aliphatic heterocycles. The third kappa shape index (κ3) is 3.32. The molecule has 1 aliphatic rings. The van der Waals surface area contributed by atoms with Gasteiger partial charge in [-0.3, -0.25) is 4.90 Å². The molecule has 5 heteroatoms. The minimum atomic E-state index is 0.324. The van der Waals surface area contributed by atoms with Gasteiger partial charge in [0.25, 0.3) is 0 Å². The molecule has 2 heterocycles. The fraction of sp³-hybridized carbons (Fsp3) is 0.583. The van der Waals surface area contributed by atoms with Crippen LogP contribution >= 0.6 is 23.2 Å². The number of halogens is 2. The summed E-state index contributed by atoms with van der Waals surface area (Å²) in [6, 6.07) is 4.05. The quantitative estimate of drug-likeness (QED) is 0.843. The summed E-state index contributed by atoms with van der Waals surface area (Å²) >= 11 is 11.8. The van der Waals surface area contributed by atoms with E-state index in [0.717, 1.165) is 31.6 Å². The van der Waals surface area contributed by atoms with E-state index in [-0.39, 0.29) is 0 Å². The van der Waals surface area contributed by atoms with Gasteiger partial charge in [-0.2, -0.15) is 0 Å². The molecule has 0 aromatic carbocycles. The average molecular weight is 274 g/mol. The number of rotatable bonds is 2. The number of piperidine rings is 1. The fourth-order valence-corrected chi connectivity index (χ4v) is 2.60.